The van der Waals surface area contributed by atoms with Crippen LogP contribution in [0, 0.1) is 29.3 Å². The summed E-state index contributed by atoms with van der Waals surface area (Å²) >= 11 is 0. The van der Waals surface area contributed by atoms with Crippen molar-refractivity contribution in [1.82, 2.24) is 0 Å². The van der Waals surface area contributed by atoms with E-state index in [0.717, 1.165) is 24.7 Å². The van der Waals surface area contributed by atoms with E-state index in [9.17, 15) is 8.78 Å². The molecule has 3 heteroatoms. The predicted octanol–water partition coefficient (Wildman–Crippen LogP) is 9.66. The van der Waals surface area contributed by atoms with E-state index in [0.29, 0.717) is 23.1 Å². The molecule has 0 unspecified atom stereocenters. The number of benzene rings is 2. The van der Waals surface area contributed by atoms with E-state index in [1.54, 1.807) is 0 Å². The molecule has 0 heterocycles. The zero-order valence-corrected chi connectivity index (χ0v) is 19.9. The fourth-order valence-electron chi connectivity index (χ4n) is 5.78. The lowest BCUT2D eigenvalue weighted by Crippen LogP contribution is -2.15. The molecule has 0 nitrogen and oxygen atoms in total. The van der Waals surface area contributed by atoms with Crippen LogP contribution in [0.5, 0.6) is 0 Å². The van der Waals surface area contributed by atoms with Crippen LogP contribution >= 0.6 is 0 Å². The first kappa shape index (κ1) is 24.1. The summed E-state index contributed by atoms with van der Waals surface area (Å²) in [5.41, 5.74) is 2.91. The summed E-state index contributed by atoms with van der Waals surface area (Å²) in [6.07, 6.45) is 18.0. The number of halogens is 3. The number of rotatable bonds is 9. The van der Waals surface area contributed by atoms with Crippen molar-refractivity contribution in [1.29, 1.82) is 0 Å². The van der Waals surface area contributed by atoms with Crippen LogP contribution in [-0.4, -0.2) is 0 Å². The van der Waals surface area contributed by atoms with Gasteiger partial charge in [-0.1, -0.05) is 88.5 Å². The van der Waals surface area contributed by atoms with Crippen LogP contribution in [0.2, 0.25) is 0 Å². The van der Waals surface area contributed by atoms with Crippen LogP contribution in [-0.2, 0) is 6.42 Å². The van der Waals surface area contributed by atoms with Crippen LogP contribution < -0.4 is 0 Å². The SMILES string of the molecule is CCCCCCC1CCC(CCC2=Cc3cc(F)c(-c4ccc(F)cc4)c(F)c3CC2)CC1. The van der Waals surface area contributed by atoms with E-state index >= 15 is 4.39 Å². The first-order chi connectivity index (χ1) is 16.0. The highest BCUT2D eigenvalue weighted by Crippen LogP contribution is 2.38. The van der Waals surface area contributed by atoms with Gasteiger partial charge in [-0.05, 0) is 72.4 Å². The molecule has 0 radical (unpaired) electrons. The summed E-state index contributed by atoms with van der Waals surface area (Å²) in [6.45, 7) is 2.27. The zero-order valence-electron chi connectivity index (χ0n) is 19.9. The Morgan fingerprint density at radius 2 is 1.52 bits per heavy atom. The third-order valence-corrected chi connectivity index (χ3v) is 7.85. The molecule has 0 aromatic heterocycles. The summed E-state index contributed by atoms with van der Waals surface area (Å²) in [6, 6.07) is 6.82. The van der Waals surface area contributed by atoms with Crippen molar-refractivity contribution in [3.05, 3.63) is 64.5 Å². The first-order valence-electron chi connectivity index (χ1n) is 13.0. The number of unbranched alkanes of at least 4 members (excludes halogenated alkanes) is 3. The normalized spacial score (nSPS) is 20.4. The minimum absolute atomic E-state index is 0.0444. The molecule has 2 aliphatic carbocycles. The Kier molecular flexibility index (Phi) is 8.33. The summed E-state index contributed by atoms with van der Waals surface area (Å²) in [4.78, 5) is 0. The fraction of sp³-hybridized carbons (Fsp3) is 0.533. The maximum atomic E-state index is 15.2. The van der Waals surface area contributed by atoms with Crippen LogP contribution in [0.15, 0.2) is 35.9 Å². The quantitative estimate of drug-likeness (QED) is 0.331. The molecule has 0 amide bonds. The molecular formula is C30H37F3. The second-order valence-electron chi connectivity index (χ2n) is 10.2. The third kappa shape index (κ3) is 6.11. The Morgan fingerprint density at radius 1 is 0.818 bits per heavy atom. The van der Waals surface area contributed by atoms with Crippen LogP contribution in [0.3, 0.4) is 0 Å². The van der Waals surface area contributed by atoms with E-state index in [4.69, 9.17) is 0 Å². The highest BCUT2D eigenvalue weighted by atomic mass is 19.1. The summed E-state index contributed by atoms with van der Waals surface area (Å²) in [5.74, 6) is 0.246. The van der Waals surface area contributed by atoms with Gasteiger partial charge in [-0.3, -0.25) is 0 Å². The van der Waals surface area contributed by atoms with Crippen molar-refractivity contribution < 1.29 is 13.2 Å². The summed E-state index contributed by atoms with van der Waals surface area (Å²) in [7, 11) is 0. The van der Waals surface area contributed by atoms with E-state index in [-0.39, 0.29) is 5.56 Å². The topological polar surface area (TPSA) is 0 Å². The molecule has 2 aromatic rings. The van der Waals surface area contributed by atoms with Gasteiger partial charge in [-0.25, -0.2) is 13.2 Å². The molecule has 4 rings (SSSR count). The van der Waals surface area contributed by atoms with Crippen LogP contribution in [0.4, 0.5) is 13.2 Å². The lowest BCUT2D eigenvalue weighted by molar-refractivity contribution is 0.248. The zero-order chi connectivity index (χ0) is 23.2. The van der Waals surface area contributed by atoms with Gasteiger partial charge in [0.2, 0.25) is 0 Å². The Bertz CT molecular complexity index is 949. The van der Waals surface area contributed by atoms with Crippen LogP contribution in [0.25, 0.3) is 17.2 Å². The van der Waals surface area contributed by atoms with Gasteiger partial charge in [-0.2, -0.15) is 0 Å². The minimum Gasteiger partial charge on any atom is -0.207 e. The molecule has 0 saturated heterocycles. The second kappa shape index (κ2) is 11.4. The lowest BCUT2D eigenvalue weighted by atomic mass is 9.77. The molecule has 2 aromatic carbocycles. The van der Waals surface area contributed by atoms with Gasteiger partial charge in [0, 0.05) is 0 Å². The van der Waals surface area contributed by atoms with Gasteiger partial charge >= 0.3 is 0 Å². The standard InChI is InChI=1S/C30H37F3/c1-2-3-4-5-6-21-7-9-22(10-8-21)11-12-23-13-18-27-25(19-23)20-28(32)29(30(27)33)24-14-16-26(31)17-15-24/h14-17,19-22H,2-13,18H2,1H3. The van der Waals surface area contributed by atoms with Gasteiger partial charge in [0.15, 0.2) is 0 Å². The van der Waals surface area contributed by atoms with E-state index in [2.05, 4.69) is 6.92 Å². The smallest absolute Gasteiger partial charge is 0.137 e. The van der Waals surface area contributed by atoms with Crippen molar-refractivity contribution >= 4 is 6.08 Å². The van der Waals surface area contributed by atoms with Crippen molar-refractivity contribution in [3.63, 3.8) is 0 Å². The minimum atomic E-state index is -0.576. The second-order valence-corrected chi connectivity index (χ2v) is 10.2. The molecule has 0 bridgehead atoms. The monoisotopic (exact) mass is 454 g/mol. The van der Waals surface area contributed by atoms with E-state index in [1.165, 1.54) is 100 Å². The predicted molar refractivity (Wildman–Crippen MR) is 131 cm³/mol. The average molecular weight is 455 g/mol. The molecule has 33 heavy (non-hydrogen) atoms. The van der Waals surface area contributed by atoms with Crippen molar-refractivity contribution in [2.45, 2.75) is 90.4 Å². The number of allylic oxidation sites excluding steroid dienone is 1. The van der Waals surface area contributed by atoms with Crippen molar-refractivity contribution in [3.8, 4) is 11.1 Å². The molecule has 0 spiro atoms. The highest BCUT2D eigenvalue weighted by Gasteiger charge is 2.24. The molecule has 0 atom stereocenters. The molecule has 1 fully saturated rings. The van der Waals surface area contributed by atoms with Gasteiger partial charge < -0.3 is 0 Å². The maximum absolute atomic E-state index is 15.2. The third-order valence-electron chi connectivity index (χ3n) is 7.85. The number of fused-ring (bicyclic) bond motifs is 1. The molecule has 2 aliphatic rings. The van der Waals surface area contributed by atoms with Gasteiger partial charge in [0.05, 0.1) is 5.56 Å². The molecular weight excluding hydrogens is 417 g/mol. The van der Waals surface area contributed by atoms with Gasteiger partial charge in [-0.15, -0.1) is 0 Å². The molecule has 178 valence electrons. The Labute approximate surface area is 197 Å². The van der Waals surface area contributed by atoms with Gasteiger partial charge in [0.1, 0.15) is 17.5 Å². The molecule has 0 N–H and O–H groups in total. The average Bonchev–Trinajstić information content (AvgIpc) is 2.82. The van der Waals surface area contributed by atoms with Gasteiger partial charge in [0.25, 0.3) is 0 Å². The largest absolute Gasteiger partial charge is 0.207 e. The summed E-state index contributed by atoms with van der Waals surface area (Å²) < 4.78 is 43.3. The first-order valence-corrected chi connectivity index (χ1v) is 13.0. The number of hydrogen-bond acceptors (Lipinski definition) is 0. The summed E-state index contributed by atoms with van der Waals surface area (Å²) in [5, 5.41) is 0. The molecule has 1 saturated carbocycles. The Hall–Kier alpha value is -2.03. The maximum Gasteiger partial charge on any atom is 0.137 e. The van der Waals surface area contributed by atoms with E-state index < -0.39 is 17.5 Å². The molecule has 0 aliphatic heterocycles. The number of hydrogen-bond donors (Lipinski definition) is 0. The highest BCUT2D eigenvalue weighted by molar-refractivity contribution is 5.71. The Balaban J connectivity index is 1.34. The fourth-order valence-corrected chi connectivity index (χ4v) is 5.78. The van der Waals surface area contributed by atoms with Crippen molar-refractivity contribution in [2.75, 3.05) is 0 Å². The Morgan fingerprint density at radius 3 is 2.21 bits per heavy atom. The van der Waals surface area contributed by atoms with Crippen molar-refractivity contribution in [2.24, 2.45) is 11.8 Å². The van der Waals surface area contributed by atoms with Crippen LogP contribution in [0.1, 0.15) is 95.1 Å². The lowest BCUT2D eigenvalue weighted by Gasteiger charge is -2.29. The van der Waals surface area contributed by atoms with E-state index in [1.807, 2.05) is 6.08 Å².